The number of nitrogens with zero attached hydrogens (tertiary/aromatic N) is 1. The van der Waals surface area contributed by atoms with E-state index in [4.69, 9.17) is 9.47 Å². The maximum absolute atomic E-state index is 13.5. The molecule has 0 saturated carbocycles. The first-order chi connectivity index (χ1) is 17.0. The highest BCUT2D eigenvalue weighted by atomic mass is 32.2. The highest BCUT2D eigenvalue weighted by Crippen LogP contribution is 2.42. The lowest BCUT2D eigenvalue weighted by molar-refractivity contribution is -0.114. The molecule has 7 heteroatoms. The first-order valence-corrected chi connectivity index (χ1v) is 12.1. The zero-order valence-electron chi connectivity index (χ0n) is 20.0. The standard InChI is InChI=1S/C28H28N2O4S/c1-19-7-6-8-21(15-19)18-30-23-9-4-5-10-24(23)35-25(28(30)32)16-20-11-13-22(14-12-20)27(31)29-17-26(33-2)34-3/h4-16,26H,17-18H2,1-3H3,(H,29,31). The van der Waals surface area contributed by atoms with Crippen molar-refractivity contribution in [2.45, 2.75) is 24.7 Å². The minimum Gasteiger partial charge on any atom is -0.354 e. The molecule has 6 nitrogen and oxygen atoms in total. The number of amides is 2. The van der Waals surface area contributed by atoms with Crippen molar-refractivity contribution in [1.29, 1.82) is 0 Å². The SMILES string of the molecule is COC(CNC(=O)c1ccc(C=C2Sc3ccccc3N(Cc3cccc(C)c3)C2=O)cc1)OC. The smallest absolute Gasteiger partial charge is 0.265 e. The molecule has 0 saturated heterocycles. The first kappa shape index (κ1) is 24.7. The van der Waals surface area contributed by atoms with Crippen LogP contribution in [0.25, 0.3) is 6.08 Å². The van der Waals surface area contributed by atoms with Crippen molar-refractivity contribution in [1.82, 2.24) is 5.32 Å². The van der Waals surface area contributed by atoms with Crippen LogP contribution in [0.5, 0.6) is 0 Å². The second-order valence-corrected chi connectivity index (χ2v) is 9.28. The fourth-order valence-electron chi connectivity index (χ4n) is 3.84. The Bertz CT molecular complexity index is 1240. The highest BCUT2D eigenvalue weighted by Gasteiger charge is 2.29. The number of rotatable bonds is 8. The molecule has 0 unspecified atom stereocenters. The van der Waals surface area contributed by atoms with Crippen molar-refractivity contribution in [3.05, 3.63) is 100.0 Å². The molecule has 0 aromatic heterocycles. The van der Waals surface area contributed by atoms with Crippen molar-refractivity contribution in [2.24, 2.45) is 0 Å². The van der Waals surface area contributed by atoms with Crippen LogP contribution in [-0.2, 0) is 20.8 Å². The van der Waals surface area contributed by atoms with Gasteiger partial charge in [-0.1, -0.05) is 65.9 Å². The lowest BCUT2D eigenvalue weighted by Crippen LogP contribution is -2.34. The monoisotopic (exact) mass is 488 g/mol. The summed E-state index contributed by atoms with van der Waals surface area (Å²) in [5.74, 6) is -0.258. The average Bonchev–Trinajstić information content (AvgIpc) is 2.87. The van der Waals surface area contributed by atoms with Gasteiger partial charge >= 0.3 is 0 Å². The zero-order valence-corrected chi connectivity index (χ0v) is 20.8. The Hall–Kier alpha value is -3.39. The second-order valence-electron chi connectivity index (χ2n) is 8.19. The Balaban J connectivity index is 1.54. The van der Waals surface area contributed by atoms with Gasteiger partial charge in [-0.2, -0.15) is 0 Å². The van der Waals surface area contributed by atoms with Crippen LogP contribution < -0.4 is 10.2 Å². The van der Waals surface area contributed by atoms with E-state index >= 15 is 0 Å². The summed E-state index contributed by atoms with van der Waals surface area (Å²) in [6, 6.07) is 23.3. The summed E-state index contributed by atoms with van der Waals surface area (Å²) in [6.45, 7) is 2.80. The fraction of sp³-hybridized carbons (Fsp3) is 0.214. The Labute approximate surface area is 209 Å². The Kier molecular flexibility index (Phi) is 8.02. The molecule has 1 aliphatic rings. The van der Waals surface area contributed by atoms with Gasteiger partial charge in [0.2, 0.25) is 0 Å². The molecule has 180 valence electrons. The summed E-state index contributed by atoms with van der Waals surface area (Å²) in [5, 5.41) is 2.78. The largest absolute Gasteiger partial charge is 0.354 e. The minimum atomic E-state index is -0.497. The van der Waals surface area contributed by atoms with Crippen LogP contribution in [0.3, 0.4) is 0 Å². The number of thioether (sulfide) groups is 1. The molecule has 4 rings (SSSR count). The number of para-hydroxylation sites is 1. The predicted molar refractivity (Wildman–Crippen MR) is 139 cm³/mol. The van der Waals surface area contributed by atoms with Gasteiger partial charge in [-0.3, -0.25) is 9.59 Å². The molecule has 0 radical (unpaired) electrons. The number of hydrogen-bond acceptors (Lipinski definition) is 5. The number of carbonyl (C=O) groups excluding carboxylic acids is 2. The Morgan fingerprint density at radius 2 is 1.77 bits per heavy atom. The minimum absolute atomic E-state index is 0.0396. The molecule has 0 atom stereocenters. The molecule has 0 spiro atoms. The van der Waals surface area contributed by atoms with E-state index in [1.807, 2.05) is 72.5 Å². The summed E-state index contributed by atoms with van der Waals surface area (Å²) < 4.78 is 10.2. The average molecular weight is 489 g/mol. The van der Waals surface area contributed by atoms with E-state index in [2.05, 4.69) is 11.4 Å². The summed E-state index contributed by atoms with van der Waals surface area (Å²) in [7, 11) is 3.04. The van der Waals surface area contributed by atoms with Crippen LogP contribution in [0.2, 0.25) is 0 Å². The lowest BCUT2D eigenvalue weighted by atomic mass is 10.1. The van der Waals surface area contributed by atoms with E-state index < -0.39 is 6.29 Å². The van der Waals surface area contributed by atoms with Gasteiger partial charge < -0.3 is 19.7 Å². The van der Waals surface area contributed by atoms with E-state index in [1.54, 1.807) is 12.1 Å². The third-order valence-corrected chi connectivity index (χ3v) is 6.76. The molecule has 0 fully saturated rings. The van der Waals surface area contributed by atoms with Crippen LogP contribution >= 0.6 is 11.8 Å². The van der Waals surface area contributed by atoms with Crippen molar-refractivity contribution in [3.8, 4) is 0 Å². The molecule has 1 aliphatic heterocycles. The summed E-state index contributed by atoms with van der Waals surface area (Å²) in [5.41, 5.74) is 4.53. The summed E-state index contributed by atoms with van der Waals surface area (Å²) >= 11 is 1.47. The quantitative estimate of drug-likeness (QED) is 0.356. The van der Waals surface area contributed by atoms with Crippen LogP contribution in [0, 0.1) is 6.92 Å². The van der Waals surface area contributed by atoms with Gasteiger partial charge in [0.05, 0.1) is 23.7 Å². The third kappa shape index (κ3) is 6.00. The van der Waals surface area contributed by atoms with E-state index in [1.165, 1.54) is 26.0 Å². The molecule has 2 amide bonds. The number of nitrogens with one attached hydrogen (secondary N) is 1. The van der Waals surface area contributed by atoms with Gasteiger partial charge in [-0.05, 0) is 48.4 Å². The molecule has 0 aliphatic carbocycles. The van der Waals surface area contributed by atoms with Crippen LogP contribution in [0.4, 0.5) is 5.69 Å². The van der Waals surface area contributed by atoms with Crippen molar-refractivity contribution >= 4 is 35.3 Å². The number of carbonyl (C=O) groups is 2. The molecule has 3 aromatic rings. The third-order valence-electron chi connectivity index (χ3n) is 5.68. The topological polar surface area (TPSA) is 67.9 Å². The molecular formula is C28H28N2O4S. The van der Waals surface area contributed by atoms with Crippen LogP contribution in [-0.4, -0.2) is 38.9 Å². The number of methoxy groups -OCH3 is 2. The normalized spacial score (nSPS) is 14.3. The van der Waals surface area contributed by atoms with E-state index in [9.17, 15) is 9.59 Å². The first-order valence-electron chi connectivity index (χ1n) is 11.3. The number of aryl methyl sites for hydroxylation is 1. The molecule has 0 bridgehead atoms. The zero-order chi connectivity index (χ0) is 24.8. The van der Waals surface area contributed by atoms with Crippen molar-refractivity contribution < 1.29 is 19.1 Å². The van der Waals surface area contributed by atoms with Crippen molar-refractivity contribution in [3.63, 3.8) is 0 Å². The number of anilines is 1. The Morgan fingerprint density at radius 3 is 2.49 bits per heavy atom. The van der Waals surface area contributed by atoms with Gasteiger partial charge in [0.15, 0.2) is 6.29 Å². The van der Waals surface area contributed by atoms with Crippen LogP contribution in [0.15, 0.2) is 82.6 Å². The lowest BCUT2D eigenvalue weighted by Gasteiger charge is -2.30. The van der Waals surface area contributed by atoms with Gasteiger partial charge in [0, 0.05) is 24.7 Å². The number of hydrogen-bond donors (Lipinski definition) is 1. The highest BCUT2D eigenvalue weighted by molar-refractivity contribution is 8.04. The van der Waals surface area contributed by atoms with E-state index in [-0.39, 0.29) is 18.4 Å². The fourth-order valence-corrected chi connectivity index (χ4v) is 4.89. The predicted octanol–water partition coefficient (Wildman–Crippen LogP) is 5.02. The molecule has 35 heavy (non-hydrogen) atoms. The maximum Gasteiger partial charge on any atom is 0.265 e. The molecule has 1 N–H and O–H groups in total. The summed E-state index contributed by atoms with van der Waals surface area (Å²) in [6.07, 6.45) is 1.38. The van der Waals surface area contributed by atoms with E-state index in [0.717, 1.165) is 27.3 Å². The van der Waals surface area contributed by atoms with Gasteiger partial charge in [0.25, 0.3) is 11.8 Å². The molecule has 1 heterocycles. The number of fused-ring (bicyclic) bond motifs is 1. The Morgan fingerprint density at radius 1 is 1.03 bits per heavy atom. The van der Waals surface area contributed by atoms with Gasteiger partial charge in [-0.15, -0.1) is 0 Å². The van der Waals surface area contributed by atoms with Gasteiger partial charge in [-0.25, -0.2) is 0 Å². The maximum atomic E-state index is 13.5. The molecular weight excluding hydrogens is 460 g/mol. The number of ether oxygens (including phenoxy) is 2. The van der Waals surface area contributed by atoms with Gasteiger partial charge in [0.1, 0.15) is 0 Å². The summed E-state index contributed by atoms with van der Waals surface area (Å²) in [4.78, 5) is 29.4. The molecule has 3 aromatic carbocycles. The van der Waals surface area contributed by atoms with Crippen LogP contribution in [0.1, 0.15) is 27.0 Å². The second kappa shape index (κ2) is 11.4. The number of benzene rings is 3. The van der Waals surface area contributed by atoms with Crippen molar-refractivity contribution in [2.75, 3.05) is 25.7 Å². The van der Waals surface area contributed by atoms with E-state index in [0.29, 0.717) is 17.0 Å².